The van der Waals surface area contributed by atoms with Crippen molar-refractivity contribution < 1.29 is 22.6 Å². The van der Waals surface area contributed by atoms with Gasteiger partial charge >= 0.3 is 0 Å². The summed E-state index contributed by atoms with van der Waals surface area (Å²) >= 11 is 0. The van der Waals surface area contributed by atoms with Crippen LogP contribution >= 0.6 is 0 Å². The molecule has 0 amide bonds. The van der Waals surface area contributed by atoms with E-state index in [0.29, 0.717) is 13.2 Å². The lowest BCUT2D eigenvalue weighted by molar-refractivity contribution is -0.140. The van der Waals surface area contributed by atoms with Gasteiger partial charge < -0.3 is 19.2 Å². The number of rotatable bonds is 12. The highest BCUT2D eigenvalue weighted by Gasteiger charge is 2.29. The summed E-state index contributed by atoms with van der Waals surface area (Å²) in [6.45, 7) is 10.8. The van der Waals surface area contributed by atoms with Crippen LogP contribution in [0.25, 0.3) is 21.8 Å². The second-order valence-electron chi connectivity index (χ2n) is 10.4. The van der Waals surface area contributed by atoms with Crippen LogP contribution < -0.4 is 4.74 Å². The molecule has 0 aliphatic rings. The van der Waals surface area contributed by atoms with Crippen molar-refractivity contribution in [2.45, 2.75) is 52.3 Å². The van der Waals surface area contributed by atoms with E-state index in [9.17, 15) is 8.42 Å². The zero-order valence-corrected chi connectivity index (χ0v) is 25.6. The van der Waals surface area contributed by atoms with Crippen molar-refractivity contribution in [3.05, 3.63) is 101 Å². The molecular formula is C34H38N2O5S. The third-order valence-electron chi connectivity index (χ3n) is 7.45. The van der Waals surface area contributed by atoms with Crippen LogP contribution in [0.3, 0.4) is 0 Å². The molecule has 220 valence electrons. The number of ether oxygens (including phenoxy) is 3. The highest BCUT2D eigenvalue weighted by molar-refractivity contribution is 7.89. The lowest BCUT2D eigenvalue weighted by atomic mass is 9.98. The van der Waals surface area contributed by atoms with E-state index in [4.69, 9.17) is 14.2 Å². The monoisotopic (exact) mass is 586 g/mol. The van der Waals surface area contributed by atoms with Crippen LogP contribution in [0.4, 0.5) is 0 Å². The van der Waals surface area contributed by atoms with E-state index in [-0.39, 0.29) is 18.0 Å². The number of H-pyrrole nitrogens is 1. The number of nitrogens with zero attached hydrogens (tertiary/aromatic N) is 1. The maximum absolute atomic E-state index is 14.0. The van der Waals surface area contributed by atoms with Crippen LogP contribution in [0.5, 0.6) is 11.5 Å². The van der Waals surface area contributed by atoms with Gasteiger partial charge in [0.15, 0.2) is 6.29 Å². The molecule has 5 rings (SSSR count). The number of aromatic amines is 1. The second kappa shape index (κ2) is 12.7. The van der Waals surface area contributed by atoms with Gasteiger partial charge in [-0.15, -0.1) is 0 Å². The number of hydrogen-bond acceptors (Lipinski definition) is 5. The molecule has 0 aliphatic heterocycles. The van der Waals surface area contributed by atoms with E-state index in [2.05, 4.69) is 11.1 Å². The summed E-state index contributed by atoms with van der Waals surface area (Å²) in [6, 6.07) is 24.7. The number of hydrogen-bond donors (Lipinski definition) is 1. The van der Waals surface area contributed by atoms with Crippen molar-refractivity contribution in [1.29, 1.82) is 0 Å². The van der Waals surface area contributed by atoms with Gasteiger partial charge in [0.05, 0.1) is 11.4 Å². The van der Waals surface area contributed by atoms with Gasteiger partial charge in [0.2, 0.25) is 10.0 Å². The average molecular weight is 587 g/mol. The van der Waals surface area contributed by atoms with Gasteiger partial charge in [-0.3, -0.25) is 0 Å². The summed E-state index contributed by atoms with van der Waals surface area (Å²) < 4.78 is 47.2. The Morgan fingerprint density at radius 3 is 2.19 bits per heavy atom. The Morgan fingerprint density at radius 1 is 0.833 bits per heavy atom. The lowest BCUT2D eigenvalue weighted by Crippen LogP contribution is -2.39. The molecule has 4 aromatic carbocycles. The Hall–Kier alpha value is -3.69. The largest absolute Gasteiger partial charge is 0.457 e. The van der Waals surface area contributed by atoms with Gasteiger partial charge in [0.25, 0.3) is 0 Å². The zero-order valence-electron chi connectivity index (χ0n) is 24.8. The Balaban J connectivity index is 1.58. The first-order valence-electron chi connectivity index (χ1n) is 14.3. The molecule has 0 spiro atoms. The van der Waals surface area contributed by atoms with E-state index >= 15 is 0 Å². The first kappa shape index (κ1) is 29.8. The lowest BCUT2D eigenvalue weighted by Gasteiger charge is -2.28. The number of aromatic nitrogens is 1. The summed E-state index contributed by atoms with van der Waals surface area (Å²) in [5, 5.41) is 2.08. The third-order valence-corrected chi connectivity index (χ3v) is 9.28. The van der Waals surface area contributed by atoms with Gasteiger partial charge in [-0.2, -0.15) is 4.31 Å². The van der Waals surface area contributed by atoms with Crippen molar-refractivity contribution >= 4 is 31.8 Å². The van der Waals surface area contributed by atoms with Gasteiger partial charge in [-0.25, -0.2) is 8.42 Å². The average Bonchev–Trinajstić information content (AvgIpc) is 3.36. The molecule has 0 atom stereocenters. The van der Waals surface area contributed by atoms with Crippen LogP contribution in [0, 0.1) is 20.8 Å². The summed E-state index contributed by atoms with van der Waals surface area (Å²) in [4.78, 5) is 3.80. The van der Waals surface area contributed by atoms with Crippen molar-refractivity contribution in [3.8, 4) is 11.5 Å². The fraction of sp³-hybridized carbons (Fsp3) is 0.294. The van der Waals surface area contributed by atoms with Crippen molar-refractivity contribution in [1.82, 2.24) is 9.29 Å². The van der Waals surface area contributed by atoms with E-state index in [1.807, 2.05) is 95.3 Å². The van der Waals surface area contributed by atoms with E-state index in [1.54, 1.807) is 12.1 Å². The van der Waals surface area contributed by atoms with Crippen molar-refractivity contribution in [2.75, 3.05) is 19.8 Å². The zero-order chi connectivity index (χ0) is 29.9. The molecule has 0 unspecified atom stereocenters. The van der Waals surface area contributed by atoms with Crippen LogP contribution in [-0.4, -0.2) is 43.8 Å². The topological polar surface area (TPSA) is 80.9 Å². The molecule has 0 saturated carbocycles. The molecule has 1 heterocycles. The van der Waals surface area contributed by atoms with Gasteiger partial charge in [-0.1, -0.05) is 42.0 Å². The highest BCUT2D eigenvalue weighted by atomic mass is 32.2. The normalized spacial score (nSPS) is 12.2. The summed E-state index contributed by atoms with van der Waals surface area (Å²) in [5.41, 5.74) is 5.97. The van der Waals surface area contributed by atoms with Gasteiger partial charge in [-0.05, 0) is 93.8 Å². The molecule has 0 fully saturated rings. The molecule has 0 radical (unpaired) electrons. The highest BCUT2D eigenvalue weighted by Crippen LogP contribution is 2.36. The Morgan fingerprint density at radius 2 is 1.52 bits per heavy atom. The fourth-order valence-electron chi connectivity index (χ4n) is 5.30. The fourth-order valence-corrected chi connectivity index (χ4v) is 6.70. The quantitative estimate of drug-likeness (QED) is 0.152. The molecular weight excluding hydrogens is 548 g/mol. The second-order valence-corrected chi connectivity index (χ2v) is 12.4. The minimum absolute atomic E-state index is 0.0668. The number of benzene rings is 4. The Labute approximate surface area is 248 Å². The molecule has 1 N–H and O–H groups in total. The minimum atomic E-state index is -3.86. The number of fused-ring (bicyclic) bond motifs is 3. The van der Waals surface area contributed by atoms with Crippen molar-refractivity contribution in [2.24, 2.45) is 0 Å². The summed E-state index contributed by atoms with van der Waals surface area (Å²) in [5.74, 6) is 1.50. The Bertz CT molecular complexity index is 1770. The minimum Gasteiger partial charge on any atom is -0.457 e. The first-order valence-corrected chi connectivity index (χ1v) is 15.7. The van der Waals surface area contributed by atoms with Crippen LogP contribution in [-0.2, 0) is 26.0 Å². The molecule has 0 aliphatic carbocycles. The van der Waals surface area contributed by atoms with E-state index in [0.717, 1.165) is 55.6 Å². The summed E-state index contributed by atoms with van der Waals surface area (Å²) in [7, 11) is -3.86. The number of para-hydroxylation sites is 1. The Kier molecular flexibility index (Phi) is 8.99. The molecule has 42 heavy (non-hydrogen) atoms. The standard InChI is InChI=1S/C34H38N2O5S/c1-6-39-32(40-7-2)22-36(42(37,38)29-16-13-23(3)14-17-29)21-26-19-24(4)34-33(25(26)5)30-20-28(15-18-31(30)35-34)41-27-11-9-8-10-12-27/h8-20,32,35H,6-7,21-22H2,1-5H3. The number of nitrogens with one attached hydrogen (secondary N) is 1. The smallest absolute Gasteiger partial charge is 0.243 e. The molecule has 5 aromatic rings. The summed E-state index contributed by atoms with van der Waals surface area (Å²) in [6.07, 6.45) is -0.684. The molecule has 0 bridgehead atoms. The van der Waals surface area contributed by atoms with Crippen LogP contribution in [0.2, 0.25) is 0 Å². The maximum atomic E-state index is 14.0. The maximum Gasteiger partial charge on any atom is 0.243 e. The van der Waals surface area contributed by atoms with E-state index in [1.165, 1.54) is 4.31 Å². The van der Waals surface area contributed by atoms with Crippen molar-refractivity contribution in [3.63, 3.8) is 0 Å². The molecule has 0 saturated heterocycles. The number of sulfonamides is 1. The molecule has 7 nitrogen and oxygen atoms in total. The predicted octanol–water partition coefficient (Wildman–Crippen LogP) is 7.63. The SMILES string of the molecule is CCOC(CN(Cc1cc(C)c2[nH]c3ccc(Oc4ccccc4)cc3c2c1C)S(=O)(=O)c1ccc(C)cc1)OCC. The molecule has 1 aromatic heterocycles. The third kappa shape index (κ3) is 6.22. The van der Waals surface area contributed by atoms with Gasteiger partial charge in [0, 0.05) is 41.6 Å². The van der Waals surface area contributed by atoms with Crippen LogP contribution in [0.15, 0.2) is 83.8 Å². The predicted molar refractivity (Wildman–Crippen MR) is 168 cm³/mol. The first-order chi connectivity index (χ1) is 20.2. The van der Waals surface area contributed by atoms with Gasteiger partial charge in [0.1, 0.15) is 11.5 Å². The van der Waals surface area contributed by atoms with E-state index < -0.39 is 16.3 Å². The number of aryl methyl sites for hydroxylation is 3. The molecule has 8 heteroatoms. The van der Waals surface area contributed by atoms with Crippen LogP contribution in [0.1, 0.15) is 36.1 Å².